The normalized spacial score (nSPS) is 22.8. The van der Waals surface area contributed by atoms with Crippen LogP contribution in [0.5, 0.6) is 0 Å². The molecule has 2 fully saturated rings. The Kier molecular flexibility index (Phi) is 7.06. The molecular formula is C21H31N5O3. The van der Waals surface area contributed by atoms with Crippen molar-refractivity contribution in [3.63, 3.8) is 0 Å². The van der Waals surface area contributed by atoms with E-state index in [0.717, 1.165) is 24.9 Å². The van der Waals surface area contributed by atoms with E-state index in [-0.39, 0.29) is 29.7 Å². The number of carbonyl (C=O) groups excluding carboxylic acids is 3. The number of hydrogen-bond acceptors (Lipinski definition) is 5. The molecule has 2 atom stereocenters. The van der Waals surface area contributed by atoms with Gasteiger partial charge in [0.05, 0.1) is 17.8 Å². The summed E-state index contributed by atoms with van der Waals surface area (Å²) in [5.74, 6) is -0.117. The highest BCUT2D eigenvalue weighted by atomic mass is 16.2. The molecule has 8 nitrogen and oxygen atoms in total. The van der Waals surface area contributed by atoms with Gasteiger partial charge in [-0.05, 0) is 44.7 Å². The first-order valence-corrected chi connectivity index (χ1v) is 10.5. The van der Waals surface area contributed by atoms with Gasteiger partial charge in [0.2, 0.25) is 11.8 Å². The number of rotatable bonds is 5. The summed E-state index contributed by atoms with van der Waals surface area (Å²) in [7, 11) is 1.80. The second kappa shape index (κ2) is 9.71. The number of nitrogens with zero attached hydrogens (tertiary/aromatic N) is 3. The molecular weight excluding hydrogens is 370 g/mol. The van der Waals surface area contributed by atoms with Gasteiger partial charge in [0, 0.05) is 45.7 Å². The summed E-state index contributed by atoms with van der Waals surface area (Å²) in [6.45, 7) is 4.30. The molecule has 1 aromatic rings. The fourth-order valence-corrected chi connectivity index (χ4v) is 4.08. The second-order valence-corrected chi connectivity index (χ2v) is 7.80. The number of anilines is 1. The summed E-state index contributed by atoms with van der Waals surface area (Å²) in [6, 6.07) is 3.42. The predicted octanol–water partition coefficient (Wildman–Crippen LogP) is 1.49. The maximum Gasteiger partial charge on any atom is 0.270 e. The minimum absolute atomic E-state index is 0.0905. The van der Waals surface area contributed by atoms with Gasteiger partial charge in [-0.2, -0.15) is 0 Å². The first-order chi connectivity index (χ1) is 14.0. The summed E-state index contributed by atoms with van der Waals surface area (Å²) in [6.07, 6.45) is 5.41. The fraction of sp³-hybridized carbons (Fsp3) is 0.619. The first kappa shape index (κ1) is 21.1. The molecule has 29 heavy (non-hydrogen) atoms. The van der Waals surface area contributed by atoms with E-state index in [9.17, 15) is 14.4 Å². The minimum atomic E-state index is -0.215. The molecule has 8 heteroatoms. The highest BCUT2D eigenvalue weighted by molar-refractivity contribution is 5.92. The van der Waals surface area contributed by atoms with Crippen molar-refractivity contribution in [3.8, 4) is 0 Å². The van der Waals surface area contributed by atoms with E-state index in [4.69, 9.17) is 0 Å². The van der Waals surface area contributed by atoms with E-state index in [1.807, 2.05) is 17.9 Å². The van der Waals surface area contributed by atoms with Gasteiger partial charge in [0.1, 0.15) is 5.69 Å². The van der Waals surface area contributed by atoms with Crippen LogP contribution in [0, 0.1) is 5.92 Å². The number of amides is 3. The van der Waals surface area contributed by atoms with Gasteiger partial charge in [0.25, 0.3) is 5.91 Å². The highest BCUT2D eigenvalue weighted by Gasteiger charge is 2.33. The zero-order chi connectivity index (χ0) is 20.8. The average Bonchev–Trinajstić information content (AvgIpc) is 2.99. The van der Waals surface area contributed by atoms with Crippen LogP contribution in [0.4, 0.5) is 5.69 Å². The molecule has 0 aliphatic carbocycles. The van der Waals surface area contributed by atoms with E-state index in [1.165, 1.54) is 0 Å². The second-order valence-electron chi connectivity index (χ2n) is 7.80. The summed E-state index contributed by atoms with van der Waals surface area (Å²) < 4.78 is 0. The highest BCUT2D eigenvalue weighted by Crippen LogP contribution is 2.22. The van der Waals surface area contributed by atoms with Crippen molar-refractivity contribution in [1.29, 1.82) is 0 Å². The van der Waals surface area contributed by atoms with Crippen molar-refractivity contribution in [3.05, 3.63) is 24.0 Å². The lowest BCUT2D eigenvalue weighted by atomic mass is 9.96. The summed E-state index contributed by atoms with van der Waals surface area (Å²) in [4.78, 5) is 45.4. The lowest BCUT2D eigenvalue weighted by Crippen LogP contribution is -2.50. The third-order valence-corrected chi connectivity index (χ3v) is 5.83. The molecule has 0 bridgehead atoms. The van der Waals surface area contributed by atoms with Crippen LogP contribution in [0.2, 0.25) is 0 Å². The number of carbonyl (C=O) groups is 3. The van der Waals surface area contributed by atoms with Crippen molar-refractivity contribution >= 4 is 23.4 Å². The minimum Gasteiger partial charge on any atom is -0.387 e. The van der Waals surface area contributed by atoms with Crippen molar-refractivity contribution in [2.24, 2.45) is 5.92 Å². The summed E-state index contributed by atoms with van der Waals surface area (Å²) >= 11 is 0. The van der Waals surface area contributed by atoms with Gasteiger partial charge in [-0.3, -0.25) is 14.4 Å². The number of likely N-dealkylation sites (tertiary alicyclic amines) is 2. The first-order valence-electron chi connectivity index (χ1n) is 10.5. The predicted molar refractivity (Wildman–Crippen MR) is 110 cm³/mol. The molecule has 0 aromatic carbocycles. The third kappa shape index (κ3) is 5.25. The number of pyridine rings is 1. The van der Waals surface area contributed by atoms with Gasteiger partial charge in [0.15, 0.2) is 0 Å². The molecule has 0 saturated carbocycles. The molecule has 0 spiro atoms. The largest absolute Gasteiger partial charge is 0.387 e. The topological polar surface area (TPSA) is 94.6 Å². The quantitative estimate of drug-likeness (QED) is 0.780. The van der Waals surface area contributed by atoms with Gasteiger partial charge < -0.3 is 20.4 Å². The lowest BCUT2D eigenvalue weighted by molar-refractivity contribution is -0.143. The third-order valence-electron chi connectivity index (χ3n) is 5.83. The van der Waals surface area contributed by atoms with Crippen molar-refractivity contribution < 1.29 is 14.4 Å². The van der Waals surface area contributed by atoms with E-state index in [2.05, 4.69) is 15.6 Å². The van der Waals surface area contributed by atoms with E-state index < -0.39 is 0 Å². The van der Waals surface area contributed by atoms with Crippen LogP contribution in [-0.2, 0) is 9.59 Å². The Morgan fingerprint density at radius 2 is 2.03 bits per heavy atom. The Hall–Kier alpha value is -2.64. The lowest BCUT2D eigenvalue weighted by Gasteiger charge is -2.34. The zero-order valence-corrected chi connectivity index (χ0v) is 17.3. The van der Waals surface area contributed by atoms with Crippen molar-refractivity contribution in [1.82, 2.24) is 20.1 Å². The molecule has 2 saturated heterocycles. The van der Waals surface area contributed by atoms with Crippen LogP contribution in [0.15, 0.2) is 18.3 Å². The van der Waals surface area contributed by atoms with Crippen LogP contribution in [0.25, 0.3) is 0 Å². The molecule has 0 radical (unpaired) electrons. The number of nitrogens with one attached hydrogen (secondary N) is 2. The van der Waals surface area contributed by atoms with E-state index >= 15 is 0 Å². The van der Waals surface area contributed by atoms with Crippen molar-refractivity contribution in [2.45, 2.75) is 45.1 Å². The van der Waals surface area contributed by atoms with E-state index in [1.54, 1.807) is 24.2 Å². The van der Waals surface area contributed by atoms with E-state index in [0.29, 0.717) is 44.7 Å². The molecule has 3 amide bonds. The average molecular weight is 402 g/mol. The van der Waals surface area contributed by atoms with Crippen LogP contribution >= 0.6 is 0 Å². The van der Waals surface area contributed by atoms with Crippen LogP contribution in [0.1, 0.15) is 49.5 Å². The maximum absolute atomic E-state index is 13.1. The Morgan fingerprint density at radius 3 is 2.72 bits per heavy atom. The SMILES string of the molecule is CCN1CC(C(=O)N2CCCCC(NC(=O)c3ccc(NC)cn3)C2)CCC1=O. The number of aromatic nitrogens is 1. The van der Waals surface area contributed by atoms with Crippen LogP contribution in [0.3, 0.4) is 0 Å². The Labute approximate surface area is 172 Å². The van der Waals surface area contributed by atoms with Crippen LogP contribution in [-0.4, -0.2) is 71.8 Å². The van der Waals surface area contributed by atoms with Gasteiger partial charge in [-0.1, -0.05) is 0 Å². The Bertz CT molecular complexity index is 736. The molecule has 3 heterocycles. The molecule has 2 N–H and O–H groups in total. The number of piperidine rings is 1. The smallest absolute Gasteiger partial charge is 0.270 e. The van der Waals surface area contributed by atoms with Gasteiger partial charge >= 0.3 is 0 Å². The fourth-order valence-electron chi connectivity index (χ4n) is 4.08. The van der Waals surface area contributed by atoms with Crippen molar-refractivity contribution in [2.75, 3.05) is 38.5 Å². The molecule has 158 valence electrons. The Morgan fingerprint density at radius 1 is 1.21 bits per heavy atom. The molecule has 2 unspecified atom stereocenters. The van der Waals surface area contributed by atoms with Gasteiger partial charge in [-0.25, -0.2) is 4.98 Å². The molecule has 2 aliphatic rings. The molecule has 3 rings (SSSR count). The molecule has 1 aromatic heterocycles. The zero-order valence-electron chi connectivity index (χ0n) is 17.3. The maximum atomic E-state index is 13.1. The number of hydrogen-bond donors (Lipinski definition) is 2. The summed E-state index contributed by atoms with van der Waals surface area (Å²) in [5.41, 5.74) is 1.22. The van der Waals surface area contributed by atoms with Crippen LogP contribution < -0.4 is 10.6 Å². The monoisotopic (exact) mass is 401 g/mol. The molecule has 2 aliphatic heterocycles. The van der Waals surface area contributed by atoms with Gasteiger partial charge in [-0.15, -0.1) is 0 Å². The summed E-state index contributed by atoms with van der Waals surface area (Å²) in [5, 5.41) is 6.03. The Balaban J connectivity index is 1.60. The standard InChI is InChI=1S/C21H31N5O3/c1-3-25-13-15(7-10-19(25)27)21(29)26-11-5-4-6-17(14-26)24-20(28)18-9-8-16(22-2)12-23-18/h8-9,12,15,17,22H,3-7,10-11,13-14H2,1-2H3,(H,24,28).